The number of aromatic nitrogens is 1. The third kappa shape index (κ3) is 5.93. The number of alkyl halides is 3. The van der Waals surface area contributed by atoms with E-state index >= 15 is 0 Å². The number of carboxylic acids is 1. The fourth-order valence-electron chi connectivity index (χ4n) is 2.86. The van der Waals surface area contributed by atoms with Gasteiger partial charge in [0.1, 0.15) is 0 Å². The van der Waals surface area contributed by atoms with E-state index in [1.807, 2.05) is 26.0 Å². The molecule has 0 bridgehead atoms. The third-order valence-electron chi connectivity index (χ3n) is 4.81. The van der Waals surface area contributed by atoms with Crippen LogP contribution in [0, 0.1) is 19.7 Å². The van der Waals surface area contributed by atoms with E-state index in [4.69, 9.17) is 4.74 Å². The summed E-state index contributed by atoms with van der Waals surface area (Å²) in [6.07, 6.45) is -4.74. The molecule has 0 unspecified atom stereocenters. The molecular weight excluding hydrogens is 525 g/mol. The average Bonchev–Trinajstić information content (AvgIpc) is 3.07. The topological polar surface area (TPSA) is 59.4 Å². The van der Waals surface area contributed by atoms with Gasteiger partial charge < -0.3 is 0 Å². The van der Waals surface area contributed by atoms with Crippen LogP contribution in [0.4, 0.5) is 17.6 Å². The van der Waals surface area contributed by atoms with E-state index in [0.29, 0.717) is 21.6 Å². The molecule has 1 aromatic heterocycles. The normalized spacial score (nSPS) is 12.1. The molecule has 0 aliphatic heterocycles. The van der Waals surface area contributed by atoms with Gasteiger partial charge in [-0.15, -0.1) is 0 Å². The predicted octanol–water partition coefficient (Wildman–Crippen LogP) is 5.36. The van der Waals surface area contributed by atoms with E-state index in [1.165, 1.54) is 31.3 Å². The maximum absolute atomic E-state index is 13.9. The molecule has 0 radical (unpaired) electrons. The van der Waals surface area contributed by atoms with Gasteiger partial charge in [0.15, 0.2) is 0 Å². The molecule has 0 saturated heterocycles. The molecule has 0 atom stereocenters. The van der Waals surface area contributed by atoms with Crippen LogP contribution in [0.25, 0.3) is 10.6 Å². The van der Waals surface area contributed by atoms with Gasteiger partial charge in [-0.1, -0.05) is 0 Å². The second-order valence-electron chi connectivity index (χ2n) is 7.85. The number of nitrogens with zero attached hydrogens (tertiary/aromatic N) is 1. The number of rotatable bonds is 7. The van der Waals surface area contributed by atoms with E-state index in [0.717, 1.165) is 32.7 Å². The van der Waals surface area contributed by atoms with E-state index < -0.39 is 29.1 Å². The summed E-state index contributed by atoms with van der Waals surface area (Å²) >= 11 is 1.37. The first-order valence-electron chi connectivity index (χ1n) is 9.77. The number of hydrogen-bond acceptors (Lipinski definition) is 4. The van der Waals surface area contributed by atoms with Crippen molar-refractivity contribution in [1.29, 1.82) is 0 Å². The summed E-state index contributed by atoms with van der Waals surface area (Å²) in [7, 11) is 0. The van der Waals surface area contributed by atoms with Crippen LogP contribution >= 0.6 is 11.3 Å². The molecule has 33 heavy (non-hydrogen) atoms. The first-order chi connectivity index (χ1) is 15.3. The average molecular weight is 546 g/mol. The minimum atomic E-state index is -4.74. The Hall–Kier alpha value is -2.42. The second-order valence-corrected chi connectivity index (χ2v) is 11.1. The number of aryl methyl sites for hydroxylation is 2. The summed E-state index contributed by atoms with van der Waals surface area (Å²) in [5.41, 5.74) is -0.739. The molecule has 1 heterocycles. The number of benzene rings is 2. The van der Waals surface area contributed by atoms with Crippen molar-refractivity contribution >= 4 is 36.7 Å². The molecule has 0 amide bonds. The molecule has 1 N–H and O–H groups in total. The number of carbonyl (C=O) groups is 1. The predicted molar refractivity (Wildman–Crippen MR) is 120 cm³/mol. The van der Waals surface area contributed by atoms with E-state index in [2.05, 4.69) is 4.98 Å². The van der Waals surface area contributed by atoms with Gasteiger partial charge in [-0.3, -0.25) is 0 Å². The zero-order valence-corrected chi connectivity index (χ0v) is 20.7. The standard InChI is InChI=1S/C23H21F4NO3SSe/c1-12-9-15(6-8-18(12)31-22(3,4)21(29)30)33-11-19-13(2)28-20(32-19)14-5-7-16(17(24)10-14)23(25,26)27/h5-10H,11H2,1-4H3,(H,29,30). The Morgan fingerprint density at radius 1 is 1.15 bits per heavy atom. The fraction of sp³-hybridized carbons (Fsp3) is 0.304. The zero-order valence-electron chi connectivity index (χ0n) is 18.2. The van der Waals surface area contributed by atoms with Crippen molar-refractivity contribution in [1.82, 2.24) is 4.98 Å². The molecule has 0 aliphatic rings. The summed E-state index contributed by atoms with van der Waals surface area (Å²) in [5.74, 6) is -1.87. The molecule has 4 nitrogen and oxygen atoms in total. The van der Waals surface area contributed by atoms with Gasteiger partial charge in [0.2, 0.25) is 0 Å². The summed E-state index contributed by atoms with van der Waals surface area (Å²) in [4.78, 5) is 16.7. The molecule has 176 valence electrons. The van der Waals surface area contributed by atoms with E-state index in [-0.39, 0.29) is 15.0 Å². The second kappa shape index (κ2) is 9.44. The molecule has 3 aromatic rings. The van der Waals surface area contributed by atoms with Crippen molar-refractivity contribution in [3.63, 3.8) is 0 Å². The van der Waals surface area contributed by atoms with Crippen molar-refractivity contribution in [3.05, 3.63) is 63.9 Å². The van der Waals surface area contributed by atoms with Crippen molar-refractivity contribution < 1.29 is 32.2 Å². The van der Waals surface area contributed by atoms with Crippen LogP contribution in [-0.4, -0.2) is 36.6 Å². The van der Waals surface area contributed by atoms with Gasteiger partial charge in [0, 0.05) is 0 Å². The van der Waals surface area contributed by atoms with Crippen molar-refractivity contribution in [2.75, 3.05) is 0 Å². The Morgan fingerprint density at radius 2 is 1.85 bits per heavy atom. The Balaban J connectivity index is 1.73. The van der Waals surface area contributed by atoms with Crippen molar-refractivity contribution in [2.24, 2.45) is 0 Å². The summed E-state index contributed by atoms with van der Waals surface area (Å²) < 4.78 is 59.0. The van der Waals surface area contributed by atoms with E-state index in [1.54, 1.807) is 6.07 Å². The van der Waals surface area contributed by atoms with Gasteiger partial charge in [-0.05, 0) is 0 Å². The fourth-order valence-corrected chi connectivity index (χ4v) is 6.40. The molecule has 2 aromatic carbocycles. The van der Waals surface area contributed by atoms with Gasteiger partial charge in [0.05, 0.1) is 0 Å². The molecule has 0 aliphatic carbocycles. The monoisotopic (exact) mass is 547 g/mol. The Kier molecular flexibility index (Phi) is 7.21. The van der Waals surface area contributed by atoms with Crippen LogP contribution in [0.5, 0.6) is 5.75 Å². The third-order valence-corrected chi connectivity index (χ3v) is 8.57. The van der Waals surface area contributed by atoms with Gasteiger partial charge in [-0.2, -0.15) is 0 Å². The van der Waals surface area contributed by atoms with Crippen LogP contribution in [0.15, 0.2) is 36.4 Å². The quantitative estimate of drug-likeness (QED) is 0.321. The summed E-state index contributed by atoms with van der Waals surface area (Å²) in [6, 6.07) is 8.45. The molecule has 0 fully saturated rings. The Bertz CT molecular complexity index is 1190. The summed E-state index contributed by atoms with van der Waals surface area (Å²) in [6.45, 7) is 6.64. The Morgan fingerprint density at radius 3 is 2.42 bits per heavy atom. The maximum atomic E-state index is 13.9. The van der Waals surface area contributed by atoms with Crippen molar-refractivity contribution in [3.8, 4) is 16.3 Å². The van der Waals surface area contributed by atoms with Crippen LogP contribution in [-0.2, 0) is 16.3 Å². The van der Waals surface area contributed by atoms with Crippen molar-refractivity contribution in [2.45, 2.75) is 44.8 Å². The summed E-state index contributed by atoms with van der Waals surface area (Å²) in [5, 5.41) is 10.4. The number of thiazole rings is 1. The number of halogens is 4. The molecule has 3 rings (SSSR count). The number of carboxylic acid groups (broad SMARTS) is 1. The first-order valence-corrected chi connectivity index (χ1v) is 12.7. The van der Waals surface area contributed by atoms with Crippen LogP contribution in [0.1, 0.15) is 35.5 Å². The van der Waals surface area contributed by atoms with Crippen LogP contribution in [0.2, 0.25) is 0 Å². The van der Waals surface area contributed by atoms with Crippen LogP contribution in [0.3, 0.4) is 0 Å². The number of hydrogen-bond donors (Lipinski definition) is 1. The minimum absolute atomic E-state index is 0.0333. The van der Waals surface area contributed by atoms with Gasteiger partial charge in [-0.25, -0.2) is 0 Å². The molecular formula is C23H21F4NO3SSe. The Labute approximate surface area is 198 Å². The van der Waals surface area contributed by atoms with E-state index in [9.17, 15) is 27.5 Å². The van der Waals surface area contributed by atoms with Gasteiger partial charge in [0.25, 0.3) is 0 Å². The van der Waals surface area contributed by atoms with Crippen LogP contribution < -0.4 is 9.20 Å². The first kappa shape index (κ1) is 25.2. The number of ether oxygens (including phenoxy) is 1. The van der Waals surface area contributed by atoms with Gasteiger partial charge >= 0.3 is 199 Å². The molecule has 10 heteroatoms. The zero-order chi connectivity index (χ0) is 24.6. The molecule has 0 saturated carbocycles. The number of aliphatic carboxylic acids is 1. The SMILES string of the molecule is Cc1cc([Se]Cc2sc(-c3ccc(C(F)(F)F)c(F)c3)nc2C)ccc1OC(C)(C)C(=O)O. The molecule has 0 spiro atoms.